The molecule has 0 unspecified atom stereocenters. The number of carbonyl (C=O) groups excluding carboxylic acids is 2. The first kappa shape index (κ1) is 15.8. The van der Waals surface area contributed by atoms with Crippen molar-refractivity contribution in [2.75, 3.05) is 12.3 Å². The molecule has 1 fully saturated rings. The van der Waals surface area contributed by atoms with Crippen LogP contribution in [0.4, 0.5) is 0 Å². The summed E-state index contributed by atoms with van der Waals surface area (Å²) in [5, 5.41) is 12.5. The fourth-order valence-corrected chi connectivity index (χ4v) is 3.68. The van der Waals surface area contributed by atoms with Crippen molar-refractivity contribution in [3.63, 3.8) is 0 Å². The van der Waals surface area contributed by atoms with Crippen LogP contribution in [-0.4, -0.2) is 51.2 Å². The van der Waals surface area contributed by atoms with Gasteiger partial charge in [-0.1, -0.05) is 36.0 Å². The summed E-state index contributed by atoms with van der Waals surface area (Å²) in [6.07, 6.45) is 1.22. The second kappa shape index (κ2) is 6.55. The number of hydrogen-bond donors (Lipinski definition) is 2. The molecule has 1 aliphatic rings. The topological polar surface area (TPSA) is 96.5 Å². The second-order valence-corrected chi connectivity index (χ2v) is 6.44. The number of aromatic nitrogens is 1. The minimum atomic E-state index is -0.724. The van der Waals surface area contributed by atoms with Gasteiger partial charge in [0.2, 0.25) is 11.8 Å². The second-order valence-electron chi connectivity index (χ2n) is 5.48. The van der Waals surface area contributed by atoms with Crippen molar-refractivity contribution in [2.24, 2.45) is 5.73 Å². The number of nitrogens with zero attached hydrogens (tertiary/aromatic N) is 2. The van der Waals surface area contributed by atoms with Gasteiger partial charge in [0.05, 0.1) is 11.9 Å². The van der Waals surface area contributed by atoms with E-state index in [4.69, 9.17) is 5.73 Å². The maximum absolute atomic E-state index is 12.4. The molecule has 6 nitrogen and oxygen atoms in total. The molecule has 3 N–H and O–H groups in total. The summed E-state index contributed by atoms with van der Waals surface area (Å²) in [5.74, 6) is -0.648. The van der Waals surface area contributed by atoms with Crippen molar-refractivity contribution in [2.45, 2.75) is 23.6 Å². The summed E-state index contributed by atoms with van der Waals surface area (Å²) in [4.78, 5) is 29.5. The van der Waals surface area contributed by atoms with Crippen molar-refractivity contribution < 1.29 is 14.7 Å². The fourth-order valence-electron chi connectivity index (χ4n) is 2.78. The number of pyridine rings is 1. The third-order valence-corrected chi connectivity index (χ3v) is 4.89. The summed E-state index contributed by atoms with van der Waals surface area (Å²) in [5.41, 5.74) is 5.31. The molecule has 1 aliphatic heterocycles. The predicted molar refractivity (Wildman–Crippen MR) is 87.8 cm³/mol. The number of β-amino-alcohol motifs (C(OH)–C–C–N with tert-alkyl or cyclic N) is 1. The van der Waals surface area contributed by atoms with Crippen LogP contribution in [0.2, 0.25) is 0 Å². The van der Waals surface area contributed by atoms with Gasteiger partial charge in [0, 0.05) is 24.5 Å². The summed E-state index contributed by atoms with van der Waals surface area (Å²) < 4.78 is 0. The number of primary amides is 1. The minimum Gasteiger partial charge on any atom is -0.391 e. The summed E-state index contributed by atoms with van der Waals surface area (Å²) >= 11 is 1.32. The van der Waals surface area contributed by atoms with E-state index in [0.29, 0.717) is 0 Å². The smallest absolute Gasteiger partial charge is 0.240 e. The highest BCUT2D eigenvalue weighted by molar-refractivity contribution is 8.00. The first-order chi connectivity index (χ1) is 11.1. The molecule has 7 heteroatoms. The Morgan fingerprint density at radius 3 is 2.91 bits per heavy atom. The van der Waals surface area contributed by atoms with Gasteiger partial charge in [-0.3, -0.25) is 9.59 Å². The maximum Gasteiger partial charge on any atom is 0.240 e. The molecule has 1 aromatic heterocycles. The fraction of sp³-hybridized carbons (Fsp3) is 0.312. The van der Waals surface area contributed by atoms with Crippen molar-refractivity contribution in [1.82, 2.24) is 9.88 Å². The standard InChI is InChI=1S/C16H17N3O3S/c17-15(22)13-7-11(20)8-19(13)14(21)9-23-16-12-4-2-1-3-10(12)5-6-18-16/h1-6,11,13,20H,7-9H2,(H2,17,22)/t11-,13+/m1/s1. The zero-order valence-electron chi connectivity index (χ0n) is 12.4. The van der Waals surface area contributed by atoms with Crippen LogP contribution in [0, 0.1) is 0 Å². The van der Waals surface area contributed by atoms with Gasteiger partial charge in [0.1, 0.15) is 11.1 Å². The van der Waals surface area contributed by atoms with Gasteiger partial charge >= 0.3 is 0 Å². The van der Waals surface area contributed by atoms with E-state index in [9.17, 15) is 14.7 Å². The molecule has 0 saturated carbocycles. The molecule has 0 spiro atoms. The highest BCUT2D eigenvalue weighted by Gasteiger charge is 2.37. The molecular weight excluding hydrogens is 314 g/mol. The Hall–Kier alpha value is -2.12. The van der Waals surface area contributed by atoms with Gasteiger partial charge < -0.3 is 15.7 Å². The molecule has 0 radical (unpaired) electrons. The van der Waals surface area contributed by atoms with E-state index in [0.717, 1.165) is 15.8 Å². The molecule has 2 heterocycles. The number of hydrogen-bond acceptors (Lipinski definition) is 5. The van der Waals surface area contributed by atoms with Gasteiger partial charge in [-0.2, -0.15) is 0 Å². The van der Waals surface area contributed by atoms with Crippen LogP contribution in [0.15, 0.2) is 41.6 Å². The van der Waals surface area contributed by atoms with Crippen molar-refractivity contribution in [3.05, 3.63) is 36.5 Å². The number of aliphatic hydroxyl groups excluding tert-OH is 1. The van der Waals surface area contributed by atoms with E-state index in [-0.39, 0.29) is 24.6 Å². The number of fused-ring (bicyclic) bond motifs is 1. The van der Waals surface area contributed by atoms with Gasteiger partial charge in [-0.15, -0.1) is 0 Å². The Bertz CT molecular complexity index is 747. The predicted octanol–water partition coefficient (Wildman–Crippen LogP) is 0.774. The minimum absolute atomic E-state index is 0.149. The lowest BCUT2D eigenvalue weighted by atomic mass is 10.2. The van der Waals surface area contributed by atoms with Gasteiger partial charge in [0.25, 0.3) is 0 Å². The number of nitrogens with two attached hydrogens (primary N) is 1. The lowest BCUT2D eigenvalue weighted by Crippen LogP contribution is -2.44. The van der Waals surface area contributed by atoms with Crippen molar-refractivity contribution in [1.29, 1.82) is 0 Å². The Kier molecular flexibility index (Phi) is 4.49. The third kappa shape index (κ3) is 3.30. The van der Waals surface area contributed by atoms with E-state index >= 15 is 0 Å². The van der Waals surface area contributed by atoms with Crippen LogP contribution in [0.25, 0.3) is 10.8 Å². The first-order valence-corrected chi connectivity index (χ1v) is 8.28. The largest absolute Gasteiger partial charge is 0.391 e. The number of aliphatic hydroxyl groups is 1. The van der Waals surface area contributed by atoms with Crippen molar-refractivity contribution in [3.8, 4) is 0 Å². The number of carbonyl (C=O) groups is 2. The van der Waals surface area contributed by atoms with Crippen LogP contribution < -0.4 is 5.73 Å². The molecular formula is C16H17N3O3S. The molecule has 2 atom stereocenters. The highest BCUT2D eigenvalue weighted by Crippen LogP contribution is 2.27. The quantitative estimate of drug-likeness (QED) is 0.807. The van der Waals surface area contributed by atoms with E-state index in [1.54, 1.807) is 6.20 Å². The number of rotatable bonds is 4. The molecule has 2 amide bonds. The summed E-state index contributed by atoms with van der Waals surface area (Å²) in [6.45, 7) is 0.149. The van der Waals surface area contributed by atoms with Gasteiger partial charge in [0.15, 0.2) is 0 Å². The number of amides is 2. The Morgan fingerprint density at radius 1 is 1.35 bits per heavy atom. The molecule has 120 valence electrons. The number of thioether (sulfide) groups is 1. The lowest BCUT2D eigenvalue weighted by molar-refractivity contribution is -0.135. The average molecular weight is 331 g/mol. The van der Waals surface area contributed by atoms with Crippen LogP contribution in [-0.2, 0) is 9.59 Å². The molecule has 0 aliphatic carbocycles. The third-order valence-electron chi connectivity index (χ3n) is 3.90. The molecule has 3 rings (SSSR count). The van der Waals surface area contributed by atoms with E-state index < -0.39 is 18.1 Å². The van der Waals surface area contributed by atoms with Gasteiger partial charge in [-0.25, -0.2) is 4.98 Å². The summed E-state index contributed by atoms with van der Waals surface area (Å²) in [6, 6.07) is 9.02. The van der Waals surface area contributed by atoms with Crippen LogP contribution in [0.1, 0.15) is 6.42 Å². The van der Waals surface area contributed by atoms with Crippen molar-refractivity contribution >= 4 is 34.3 Å². The van der Waals surface area contributed by atoms with E-state index in [1.165, 1.54) is 16.7 Å². The van der Waals surface area contributed by atoms with Crippen LogP contribution in [0.3, 0.4) is 0 Å². The lowest BCUT2D eigenvalue weighted by Gasteiger charge is -2.21. The molecule has 23 heavy (non-hydrogen) atoms. The van der Waals surface area contributed by atoms with E-state index in [2.05, 4.69) is 4.98 Å². The Morgan fingerprint density at radius 2 is 2.13 bits per heavy atom. The van der Waals surface area contributed by atoms with Gasteiger partial charge in [-0.05, 0) is 11.5 Å². The molecule has 0 bridgehead atoms. The molecule has 1 saturated heterocycles. The zero-order chi connectivity index (χ0) is 16.4. The molecule has 2 aromatic rings. The normalized spacial score (nSPS) is 20.8. The zero-order valence-corrected chi connectivity index (χ0v) is 13.2. The average Bonchev–Trinajstić information content (AvgIpc) is 2.95. The number of likely N-dealkylation sites (tertiary alicyclic amines) is 1. The Labute approximate surface area is 137 Å². The summed E-state index contributed by atoms with van der Waals surface area (Å²) in [7, 11) is 0. The number of benzene rings is 1. The monoisotopic (exact) mass is 331 g/mol. The van der Waals surface area contributed by atoms with Crippen LogP contribution >= 0.6 is 11.8 Å². The SMILES string of the molecule is NC(=O)[C@@H]1C[C@@H](O)CN1C(=O)CSc1nccc2ccccc12. The first-order valence-electron chi connectivity index (χ1n) is 7.29. The molecule has 1 aromatic carbocycles. The maximum atomic E-state index is 12.4. The van der Waals surface area contributed by atoms with E-state index in [1.807, 2.05) is 30.3 Å². The van der Waals surface area contributed by atoms with Crippen LogP contribution in [0.5, 0.6) is 0 Å². The Balaban J connectivity index is 1.72. The highest BCUT2D eigenvalue weighted by atomic mass is 32.2.